The maximum absolute atomic E-state index is 12.0. The van der Waals surface area contributed by atoms with Gasteiger partial charge in [-0.2, -0.15) is 5.10 Å². The molecular formula is C23H24N4O3S. The van der Waals surface area contributed by atoms with Crippen molar-refractivity contribution < 1.29 is 14.3 Å². The number of aromatic nitrogens is 2. The molecule has 0 spiro atoms. The van der Waals surface area contributed by atoms with Gasteiger partial charge >= 0.3 is 0 Å². The number of nitrogens with zero attached hydrogens (tertiary/aromatic N) is 3. The van der Waals surface area contributed by atoms with Crippen LogP contribution in [0.4, 0.5) is 0 Å². The van der Waals surface area contributed by atoms with Crippen molar-refractivity contribution in [2.45, 2.75) is 25.6 Å². The molecule has 0 aliphatic carbocycles. The van der Waals surface area contributed by atoms with E-state index in [-0.39, 0.29) is 11.7 Å². The SMILES string of the molecule is COc1cc(/C=N/NC(=O)CSc2nc(C)cc(C)n2)ccc1OCc1ccccc1. The molecule has 0 aliphatic rings. The molecule has 8 heteroatoms. The van der Waals surface area contributed by atoms with Crippen molar-refractivity contribution in [2.24, 2.45) is 5.10 Å². The van der Waals surface area contributed by atoms with Crippen LogP contribution in [0.15, 0.2) is 64.9 Å². The molecule has 1 amide bonds. The molecule has 1 heterocycles. The molecule has 0 bridgehead atoms. The summed E-state index contributed by atoms with van der Waals surface area (Å²) >= 11 is 1.27. The van der Waals surface area contributed by atoms with E-state index in [1.165, 1.54) is 11.8 Å². The smallest absolute Gasteiger partial charge is 0.250 e. The number of amides is 1. The van der Waals surface area contributed by atoms with Crippen molar-refractivity contribution >= 4 is 23.9 Å². The van der Waals surface area contributed by atoms with Gasteiger partial charge in [-0.05, 0) is 49.2 Å². The third-order valence-corrected chi connectivity index (χ3v) is 4.97. The summed E-state index contributed by atoms with van der Waals surface area (Å²) in [6.07, 6.45) is 1.55. The minimum atomic E-state index is -0.237. The fraction of sp³-hybridized carbons (Fsp3) is 0.217. The molecule has 0 aliphatic heterocycles. The highest BCUT2D eigenvalue weighted by Gasteiger charge is 2.07. The second-order valence-electron chi connectivity index (χ2n) is 6.70. The highest BCUT2D eigenvalue weighted by molar-refractivity contribution is 7.99. The number of rotatable bonds is 9. The largest absolute Gasteiger partial charge is 0.493 e. The fourth-order valence-electron chi connectivity index (χ4n) is 2.72. The third-order valence-electron chi connectivity index (χ3n) is 4.12. The van der Waals surface area contributed by atoms with E-state index in [0.717, 1.165) is 22.5 Å². The van der Waals surface area contributed by atoms with Crippen LogP contribution < -0.4 is 14.9 Å². The molecule has 0 unspecified atom stereocenters. The van der Waals surface area contributed by atoms with E-state index in [4.69, 9.17) is 9.47 Å². The van der Waals surface area contributed by atoms with Crippen molar-refractivity contribution in [1.82, 2.24) is 15.4 Å². The molecule has 0 radical (unpaired) electrons. The van der Waals surface area contributed by atoms with E-state index in [9.17, 15) is 4.79 Å². The van der Waals surface area contributed by atoms with E-state index in [0.29, 0.717) is 23.3 Å². The summed E-state index contributed by atoms with van der Waals surface area (Å²) in [7, 11) is 1.58. The molecule has 0 fully saturated rings. The number of methoxy groups -OCH3 is 1. The Balaban J connectivity index is 1.52. The monoisotopic (exact) mass is 436 g/mol. The average molecular weight is 437 g/mol. The predicted molar refractivity (Wildman–Crippen MR) is 122 cm³/mol. The summed E-state index contributed by atoms with van der Waals surface area (Å²) in [6.45, 7) is 4.24. The van der Waals surface area contributed by atoms with Crippen LogP contribution in [-0.2, 0) is 11.4 Å². The fourth-order valence-corrected chi connectivity index (χ4v) is 3.46. The van der Waals surface area contributed by atoms with Crippen molar-refractivity contribution in [3.8, 4) is 11.5 Å². The van der Waals surface area contributed by atoms with E-state index >= 15 is 0 Å². The van der Waals surface area contributed by atoms with Crippen LogP contribution in [-0.4, -0.2) is 35.0 Å². The zero-order chi connectivity index (χ0) is 22.1. The second-order valence-corrected chi connectivity index (χ2v) is 7.64. The number of hydrogen-bond donors (Lipinski definition) is 1. The number of hydrazone groups is 1. The molecule has 0 saturated carbocycles. The van der Waals surface area contributed by atoms with Crippen LogP contribution >= 0.6 is 11.8 Å². The van der Waals surface area contributed by atoms with Crippen molar-refractivity contribution in [1.29, 1.82) is 0 Å². The molecule has 1 N–H and O–H groups in total. The minimum Gasteiger partial charge on any atom is -0.493 e. The minimum absolute atomic E-state index is 0.176. The summed E-state index contributed by atoms with van der Waals surface area (Å²) in [6, 6.07) is 17.3. The van der Waals surface area contributed by atoms with Gasteiger partial charge in [0.1, 0.15) is 6.61 Å². The first-order valence-electron chi connectivity index (χ1n) is 9.65. The van der Waals surface area contributed by atoms with Crippen LogP contribution in [0.25, 0.3) is 0 Å². The number of carbonyl (C=O) groups excluding carboxylic acids is 1. The normalized spacial score (nSPS) is 10.8. The number of thioether (sulfide) groups is 1. The zero-order valence-electron chi connectivity index (χ0n) is 17.7. The van der Waals surface area contributed by atoms with Gasteiger partial charge in [0.2, 0.25) is 0 Å². The lowest BCUT2D eigenvalue weighted by molar-refractivity contribution is -0.118. The molecule has 160 valence electrons. The maximum Gasteiger partial charge on any atom is 0.250 e. The Bertz CT molecular complexity index is 1040. The van der Waals surface area contributed by atoms with E-state index < -0.39 is 0 Å². The average Bonchev–Trinajstić information content (AvgIpc) is 2.76. The Kier molecular flexibility index (Phi) is 8.00. The maximum atomic E-state index is 12.0. The summed E-state index contributed by atoms with van der Waals surface area (Å²) in [5.74, 6) is 1.17. The Hall–Kier alpha value is -3.39. The van der Waals surface area contributed by atoms with E-state index in [2.05, 4.69) is 20.5 Å². The first-order valence-corrected chi connectivity index (χ1v) is 10.6. The first kappa shape index (κ1) is 22.3. The third kappa shape index (κ3) is 7.11. The number of carbonyl (C=O) groups is 1. The van der Waals surface area contributed by atoms with Gasteiger partial charge in [-0.1, -0.05) is 42.1 Å². The number of nitrogens with one attached hydrogen (secondary N) is 1. The Morgan fingerprint density at radius 1 is 1.06 bits per heavy atom. The molecule has 0 atom stereocenters. The molecule has 3 rings (SSSR count). The van der Waals surface area contributed by atoms with Crippen LogP contribution in [0.5, 0.6) is 11.5 Å². The molecule has 31 heavy (non-hydrogen) atoms. The van der Waals surface area contributed by atoms with E-state index in [1.807, 2.05) is 62.4 Å². The Morgan fingerprint density at radius 3 is 2.52 bits per heavy atom. The molecule has 7 nitrogen and oxygen atoms in total. The van der Waals surface area contributed by atoms with Gasteiger partial charge in [0.05, 0.1) is 19.1 Å². The number of ether oxygens (including phenoxy) is 2. The van der Waals surface area contributed by atoms with Crippen LogP contribution in [0.1, 0.15) is 22.5 Å². The molecule has 0 saturated heterocycles. The zero-order valence-corrected chi connectivity index (χ0v) is 18.5. The van der Waals surface area contributed by atoms with Gasteiger partial charge in [-0.25, -0.2) is 15.4 Å². The van der Waals surface area contributed by atoms with Gasteiger partial charge in [-0.3, -0.25) is 4.79 Å². The summed E-state index contributed by atoms with van der Waals surface area (Å²) in [4.78, 5) is 20.6. The molecule has 1 aromatic heterocycles. The van der Waals surface area contributed by atoms with Gasteiger partial charge in [-0.15, -0.1) is 0 Å². The first-order chi connectivity index (χ1) is 15.0. The lowest BCUT2D eigenvalue weighted by Crippen LogP contribution is -2.19. The van der Waals surface area contributed by atoms with Crippen molar-refractivity contribution in [3.05, 3.63) is 77.1 Å². The second kappa shape index (κ2) is 11.1. The predicted octanol–water partition coefficient (Wildman–Crippen LogP) is 3.92. The summed E-state index contributed by atoms with van der Waals surface area (Å²) in [5, 5.41) is 4.59. The molecule has 3 aromatic rings. The topological polar surface area (TPSA) is 85.7 Å². The number of benzene rings is 2. The van der Waals surface area contributed by atoms with Gasteiger partial charge < -0.3 is 9.47 Å². The van der Waals surface area contributed by atoms with Crippen molar-refractivity contribution in [2.75, 3.05) is 12.9 Å². The summed E-state index contributed by atoms with van der Waals surface area (Å²) in [5.41, 5.74) is 6.10. The Labute approximate surface area is 185 Å². The highest BCUT2D eigenvalue weighted by atomic mass is 32.2. The van der Waals surface area contributed by atoms with E-state index in [1.54, 1.807) is 19.4 Å². The summed E-state index contributed by atoms with van der Waals surface area (Å²) < 4.78 is 11.3. The standard InChI is InChI=1S/C23H24N4O3S/c1-16-11-17(2)26-23(25-16)31-15-22(28)27-24-13-19-9-10-20(21(12-19)29-3)30-14-18-7-5-4-6-8-18/h4-13H,14-15H2,1-3H3,(H,27,28)/b24-13+. The number of hydrogen-bond acceptors (Lipinski definition) is 7. The number of aryl methyl sites for hydroxylation is 2. The highest BCUT2D eigenvalue weighted by Crippen LogP contribution is 2.28. The Morgan fingerprint density at radius 2 is 1.81 bits per heavy atom. The van der Waals surface area contributed by atoms with Gasteiger partial charge in [0.25, 0.3) is 5.91 Å². The van der Waals surface area contributed by atoms with Crippen molar-refractivity contribution in [3.63, 3.8) is 0 Å². The molecule has 2 aromatic carbocycles. The van der Waals surface area contributed by atoms with Gasteiger partial charge in [0.15, 0.2) is 16.7 Å². The lowest BCUT2D eigenvalue weighted by atomic mass is 10.2. The molecular weight excluding hydrogens is 412 g/mol. The lowest BCUT2D eigenvalue weighted by Gasteiger charge is -2.11. The van der Waals surface area contributed by atoms with Crippen LogP contribution in [0.2, 0.25) is 0 Å². The van der Waals surface area contributed by atoms with Gasteiger partial charge in [0, 0.05) is 11.4 Å². The van der Waals surface area contributed by atoms with Crippen LogP contribution in [0, 0.1) is 13.8 Å². The van der Waals surface area contributed by atoms with Crippen LogP contribution in [0.3, 0.4) is 0 Å². The quantitative estimate of drug-likeness (QED) is 0.237.